The summed E-state index contributed by atoms with van der Waals surface area (Å²) in [7, 11) is 1.64. The number of carbonyl (C=O) groups is 1. The van der Waals surface area contributed by atoms with E-state index in [9.17, 15) is 14.7 Å². The molecule has 0 radical (unpaired) electrons. The van der Waals surface area contributed by atoms with Crippen LogP contribution in [0.1, 0.15) is 30.1 Å². The van der Waals surface area contributed by atoms with Crippen LogP contribution < -0.4 is 5.56 Å². The summed E-state index contributed by atoms with van der Waals surface area (Å²) < 4.78 is 1.42. The summed E-state index contributed by atoms with van der Waals surface area (Å²) in [5.74, 6) is -0.187. The van der Waals surface area contributed by atoms with E-state index in [-0.39, 0.29) is 11.5 Å². The fourth-order valence-electron chi connectivity index (χ4n) is 2.30. The summed E-state index contributed by atoms with van der Waals surface area (Å²) in [5.41, 5.74) is -0.550. The molecule has 18 heavy (non-hydrogen) atoms. The first-order valence-corrected chi connectivity index (χ1v) is 6.13. The summed E-state index contributed by atoms with van der Waals surface area (Å²) in [6, 6.07) is 2.96. The fraction of sp³-hybridized carbons (Fsp3) is 0.538. The molecule has 1 aliphatic rings. The molecule has 5 heteroatoms. The summed E-state index contributed by atoms with van der Waals surface area (Å²) in [6.45, 7) is 2.72. The largest absolute Gasteiger partial charge is 0.386 e. The van der Waals surface area contributed by atoms with Gasteiger partial charge in [0.1, 0.15) is 0 Å². The van der Waals surface area contributed by atoms with E-state index < -0.39 is 5.60 Å². The number of pyridine rings is 1. The molecule has 0 spiro atoms. The van der Waals surface area contributed by atoms with E-state index in [2.05, 4.69) is 0 Å². The average Bonchev–Trinajstić information content (AvgIpc) is 2.29. The van der Waals surface area contributed by atoms with Gasteiger partial charge in [0, 0.05) is 24.9 Å². The number of β-amino-alcohol motifs (C(OH)–C–C–N with tert-alkyl or cyclic N) is 1. The number of aryl methyl sites for hydroxylation is 1. The van der Waals surface area contributed by atoms with Crippen molar-refractivity contribution in [3.63, 3.8) is 0 Å². The highest BCUT2D eigenvalue weighted by atomic mass is 16.3. The molecule has 1 aromatic heterocycles. The number of hydrogen-bond donors (Lipinski definition) is 1. The van der Waals surface area contributed by atoms with Crippen molar-refractivity contribution in [2.24, 2.45) is 7.05 Å². The predicted octanol–water partition coefficient (Wildman–Crippen LogP) is 0.372. The van der Waals surface area contributed by atoms with E-state index in [4.69, 9.17) is 0 Å². The lowest BCUT2D eigenvalue weighted by atomic mass is 9.89. The van der Waals surface area contributed by atoms with Gasteiger partial charge in [-0.1, -0.05) is 13.3 Å². The van der Waals surface area contributed by atoms with Crippen LogP contribution in [0, 0.1) is 0 Å². The molecule has 0 bridgehead atoms. The quantitative estimate of drug-likeness (QED) is 0.843. The van der Waals surface area contributed by atoms with Gasteiger partial charge in [-0.15, -0.1) is 0 Å². The van der Waals surface area contributed by atoms with Crippen LogP contribution >= 0.6 is 0 Å². The third kappa shape index (κ3) is 2.31. The Kier molecular flexibility index (Phi) is 3.26. The summed E-state index contributed by atoms with van der Waals surface area (Å²) in [4.78, 5) is 25.1. The first kappa shape index (κ1) is 12.8. The molecule has 0 aliphatic carbocycles. The molecule has 1 saturated heterocycles. The van der Waals surface area contributed by atoms with Gasteiger partial charge in [0.05, 0.1) is 18.7 Å². The van der Waals surface area contributed by atoms with Gasteiger partial charge in [0.25, 0.3) is 11.5 Å². The highest BCUT2D eigenvalue weighted by Crippen LogP contribution is 2.26. The average molecular weight is 250 g/mol. The molecule has 1 fully saturated rings. The standard InChI is InChI=1S/C13H18N2O3/c1-3-5-13(18)8-15(9-13)12(17)10-4-6-14(2)11(16)7-10/h4,6-7,18H,3,5,8-9H2,1-2H3. The number of amides is 1. The number of aliphatic hydroxyl groups is 1. The number of aromatic nitrogens is 1. The number of rotatable bonds is 3. The number of likely N-dealkylation sites (tertiary alicyclic amines) is 1. The second-order valence-electron chi connectivity index (χ2n) is 5.00. The van der Waals surface area contributed by atoms with Crippen LogP contribution in [0.5, 0.6) is 0 Å². The monoisotopic (exact) mass is 250 g/mol. The number of nitrogens with zero attached hydrogens (tertiary/aromatic N) is 2. The van der Waals surface area contributed by atoms with E-state index in [1.165, 1.54) is 10.6 Å². The molecule has 0 aromatic carbocycles. The molecule has 1 amide bonds. The zero-order valence-corrected chi connectivity index (χ0v) is 10.7. The van der Waals surface area contributed by atoms with Crippen LogP contribution in [0.4, 0.5) is 0 Å². The molecule has 0 unspecified atom stereocenters. The normalized spacial score (nSPS) is 17.4. The second-order valence-corrected chi connectivity index (χ2v) is 5.00. The van der Waals surface area contributed by atoms with Gasteiger partial charge >= 0.3 is 0 Å². The van der Waals surface area contributed by atoms with E-state index in [0.717, 1.165) is 6.42 Å². The molecular formula is C13H18N2O3. The molecule has 1 aliphatic heterocycles. The van der Waals surface area contributed by atoms with Crippen molar-refractivity contribution < 1.29 is 9.90 Å². The third-order valence-corrected chi connectivity index (χ3v) is 3.32. The number of carbonyl (C=O) groups excluding carboxylic acids is 1. The summed E-state index contributed by atoms with van der Waals surface area (Å²) >= 11 is 0. The van der Waals surface area contributed by atoms with Crippen LogP contribution in [-0.4, -0.2) is 39.2 Å². The maximum atomic E-state index is 12.0. The first-order chi connectivity index (χ1) is 8.45. The minimum atomic E-state index is -0.732. The van der Waals surface area contributed by atoms with Gasteiger partial charge in [0.2, 0.25) is 0 Å². The Bertz CT molecular complexity index is 515. The smallest absolute Gasteiger partial charge is 0.254 e. The highest BCUT2D eigenvalue weighted by molar-refractivity contribution is 5.94. The molecule has 2 rings (SSSR count). The van der Waals surface area contributed by atoms with E-state index >= 15 is 0 Å². The van der Waals surface area contributed by atoms with Gasteiger partial charge in [0.15, 0.2) is 0 Å². The molecule has 2 heterocycles. The predicted molar refractivity (Wildman–Crippen MR) is 67.4 cm³/mol. The van der Waals surface area contributed by atoms with Crippen LogP contribution in [0.2, 0.25) is 0 Å². The summed E-state index contributed by atoms with van der Waals surface area (Å²) in [6.07, 6.45) is 3.17. The van der Waals surface area contributed by atoms with Gasteiger partial charge in [-0.25, -0.2) is 0 Å². The Morgan fingerprint density at radius 3 is 2.72 bits per heavy atom. The number of hydrogen-bond acceptors (Lipinski definition) is 3. The molecular weight excluding hydrogens is 232 g/mol. The zero-order chi connectivity index (χ0) is 13.3. The van der Waals surface area contributed by atoms with E-state index in [1.807, 2.05) is 6.92 Å². The lowest BCUT2D eigenvalue weighted by Gasteiger charge is -2.46. The Morgan fingerprint density at radius 1 is 1.50 bits per heavy atom. The topological polar surface area (TPSA) is 62.5 Å². The van der Waals surface area contributed by atoms with Crippen LogP contribution in [0.25, 0.3) is 0 Å². The van der Waals surface area contributed by atoms with E-state index in [1.54, 1.807) is 24.2 Å². The highest BCUT2D eigenvalue weighted by Gasteiger charge is 2.42. The van der Waals surface area contributed by atoms with Crippen LogP contribution in [-0.2, 0) is 7.05 Å². The van der Waals surface area contributed by atoms with Crippen molar-refractivity contribution in [1.29, 1.82) is 0 Å². The van der Waals surface area contributed by atoms with Crippen molar-refractivity contribution >= 4 is 5.91 Å². The van der Waals surface area contributed by atoms with Gasteiger partial charge in [-0.2, -0.15) is 0 Å². The summed E-state index contributed by atoms with van der Waals surface area (Å²) in [5, 5.41) is 10.0. The van der Waals surface area contributed by atoms with E-state index in [0.29, 0.717) is 25.1 Å². The maximum Gasteiger partial charge on any atom is 0.254 e. The molecule has 0 saturated carbocycles. The lowest BCUT2D eigenvalue weighted by Crippen LogP contribution is -2.63. The van der Waals surface area contributed by atoms with Crippen LogP contribution in [0.3, 0.4) is 0 Å². The minimum absolute atomic E-state index is 0.187. The Morgan fingerprint density at radius 2 is 2.17 bits per heavy atom. The molecule has 98 valence electrons. The van der Waals surface area contributed by atoms with Crippen molar-refractivity contribution in [3.05, 3.63) is 34.2 Å². The van der Waals surface area contributed by atoms with Crippen molar-refractivity contribution in [1.82, 2.24) is 9.47 Å². The molecule has 5 nitrogen and oxygen atoms in total. The van der Waals surface area contributed by atoms with Crippen LogP contribution in [0.15, 0.2) is 23.1 Å². The first-order valence-electron chi connectivity index (χ1n) is 6.13. The van der Waals surface area contributed by atoms with Crippen molar-refractivity contribution in [3.8, 4) is 0 Å². The Hall–Kier alpha value is -1.62. The molecule has 0 atom stereocenters. The SMILES string of the molecule is CCCC1(O)CN(C(=O)c2ccn(C)c(=O)c2)C1. The Labute approximate surface area is 106 Å². The zero-order valence-electron chi connectivity index (χ0n) is 10.7. The van der Waals surface area contributed by atoms with Gasteiger partial charge < -0.3 is 14.6 Å². The van der Waals surface area contributed by atoms with Crippen molar-refractivity contribution in [2.45, 2.75) is 25.4 Å². The Balaban J connectivity index is 2.06. The second kappa shape index (κ2) is 4.57. The maximum absolute atomic E-state index is 12.0. The van der Waals surface area contributed by atoms with Gasteiger partial charge in [-0.3, -0.25) is 9.59 Å². The lowest BCUT2D eigenvalue weighted by molar-refractivity contribution is -0.0860. The third-order valence-electron chi connectivity index (χ3n) is 3.32. The van der Waals surface area contributed by atoms with Crippen molar-refractivity contribution in [2.75, 3.05) is 13.1 Å². The molecule has 1 aromatic rings. The van der Waals surface area contributed by atoms with Gasteiger partial charge in [-0.05, 0) is 12.5 Å². The fourth-order valence-corrected chi connectivity index (χ4v) is 2.30. The minimum Gasteiger partial charge on any atom is -0.386 e. The molecule has 1 N–H and O–H groups in total.